The Balaban J connectivity index is 1.71. The molecule has 7 heteroatoms. The number of hydrogen-bond acceptors (Lipinski definition) is 4. The molecule has 2 aliphatic heterocycles. The van der Waals surface area contributed by atoms with E-state index in [0.717, 1.165) is 5.69 Å². The molecule has 3 rings (SSSR count). The predicted molar refractivity (Wildman–Crippen MR) is 78.1 cm³/mol. The molecule has 0 spiro atoms. The molecule has 2 heterocycles. The van der Waals surface area contributed by atoms with Gasteiger partial charge in [-0.05, 0) is 18.2 Å². The number of nitrogens with zero attached hydrogens (tertiary/aromatic N) is 1. The number of carbonyl (C=O) groups is 2. The zero-order valence-corrected chi connectivity index (χ0v) is 11.5. The lowest BCUT2D eigenvalue weighted by atomic mass is 10.0. The Hall–Kier alpha value is -2.12. The van der Waals surface area contributed by atoms with Crippen LogP contribution in [0.3, 0.4) is 0 Å². The van der Waals surface area contributed by atoms with Crippen LogP contribution >= 0.6 is 0 Å². The van der Waals surface area contributed by atoms with Crippen LogP contribution in [0.5, 0.6) is 0 Å². The molecule has 21 heavy (non-hydrogen) atoms. The fourth-order valence-corrected chi connectivity index (χ4v) is 2.55. The van der Waals surface area contributed by atoms with Crippen molar-refractivity contribution < 1.29 is 14.3 Å². The Morgan fingerprint density at radius 3 is 2.95 bits per heavy atom. The van der Waals surface area contributed by atoms with Gasteiger partial charge in [0.25, 0.3) is 0 Å². The highest BCUT2D eigenvalue weighted by Crippen LogP contribution is 2.22. The van der Waals surface area contributed by atoms with Crippen molar-refractivity contribution in [2.75, 3.05) is 36.5 Å². The molecule has 0 aromatic heterocycles. The first-order valence-corrected chi connectivity index (χ1v) is 6.95. The van der Waals surface area contributed by atoms with Crippen molar-refractivity contribution in [3.8, 4) is 0 Å². The molecule has 0 aliphatic carbocycles. The van der Waals surface area contributed by atoms with E-state index in [1.165, 1.54) is 0 Å². The van der Waals surface area contributed by atoms with Gasteiger partial charge in [-0.3, -0.25) is 9.69 Å². The van der Waals surface area contributed by atoms with Crippen molar-refractivity contribution in [2.24, 2.45) is 11.7 Å². The van der Waals surface area contributed by atoms with Crippen molar-refractivity contribution in [3.05, 3.63) is 24.3 Å². The highest BCUT2D eigenvalue weighted by molar-refractivity contribution is 5.96. The quantitative estimate of drug-likeness (QED) is 0.737. The summed E-state index contributed by atoms with van der Waals surface area (Å²) in [6, 6.07) is 6.83. The number of nitrogens with two attached hydrogens (primary N) is 1. The normalized spacial score (nSPS) is 25.0. The molecule has 1 aromatic rings. The smallest absolute Gasteiger partial charge is 0.321 e. The van der Waals surface area contributed by atoms with E-state index >= 15 is 0 Å². The maximum atomic E-state index is 12.2. The second kappa shape index (κ2) is 5.71. The Morgan fingerprint density at radius 1 is 1.43 bits per heavy atom. The molecule has 3 amide bonds. The summed E-state index contributed by atoms with van der Waals surface area (Å²) in [4.78, 5) is 25.5. The average molecular weight is 290 g/mol. The summed E-state index contributed by atoms with van der Waals surface area (Å²) >= 11 is 0. The highest BCUT2D eigenvalue weighted by atomic mass is 16.5. The van der Waals surface area contributed by atoms with Crippen LogP contribution in [-0.4, -0.2) is 44.3 Å². The van der Waals surface area contributed by atoms with Gasteiger partial charge in [0.15, 0.2) is 0 Å². The molecule has 1 aromatic carbocycles. The van der Waals surface area contributed by atoms with Gasteiger partial charge in [0.05, 0.1) is 19.1 Å². The molecule has 2 fully saturated rings. The van der Waals surface area contributed by atoms with Crippen LogP contribution in [0, 0.1) is 5.92 Å². The van der Waals surface area contributed by atoms with E-state index in [0.29, 0.717) is 32.0 Å². The van der Waals surface area contributed by atoms with Gasteiger partial charge in [-0.1, -0.05) is 6.07 Å². The Kier molecular flexibility index (Phi) is 3.76. The van der Waals surface area contributed by atoms with Gasteiger partial charge in [0.1, 0.15) is 0 Å². The summed E-state index contributed by atoms with van der Waals surface area (Å²) in [5.74, 6) is -0.480. The third kappa shape index (κ3) is 2.84. The number of amides is 3. The molecular weight excluding hydrogens is 272 g/mol. The minimum absolute atomic E-state index is 0.121. The highest BCUT2D eigenvalue weighted by Gasteiger charge is 2.31. The van der Waals surface area contributed by atoms with E-state index in [1.54, 1.807) is 17.0 Å². The van der Waals surface area contributed by atoms with Gasteiger partial charge in [-0.15, -0.1) is 0 Å². The van der Waals surface area contributed by atoms with Gasteiger partial charge in [0, 0.05) is 30.5 Å². The average Bonchev–Trinajstić information content (AvgIpc) is 3.07. The molecular formula is C14H18N4O3. The minimum Gasteiger partial charge on any atom is -0.379 e. The third-order valence-corrected chi connectivity index (χ3v) is 3.74. The third-order valence-electron chi connectivity index (χ3n) is 3.74. The Bertz CT molecular complexity index is 563. The summed E-state index contributed by atoms with van der Waals surface area (Å²) in [6.07, 6.45) is 0. The Morgan fingerprint density at radius 2 is 2.29 bits per heavy atom. The fourth-order valence-electron chi connectivity index (χ4n) is 2.55. The SMILES string of the molecule is NC1COCC1C(=O)Nc1cccc(N2CCNC2=O)c1. The predicted octanol–water partition coefficient (Wildman–Crippen LogP) is 0.128. The van der Waals surface area contributed by atoms with E-state index in [-0.39, 0.29) is 23.9 Å². The monoisotopic (exact) mass is 290 g/mol. The van der Waals surface area contributed by atoms with Crippen molar-refractivity contribution in [1.29, 1.82) is 0 Å². The standard InChI is InChI=1S/C14H18N4O3/c15-12-8-21-7-11(12)13(19)17-9-2-1-3-10(6-9)18-5-4-16-14(18)20/h1-3,6,11-12H,4-5,7-8,15H2,(H,16,20)(H,17,19). The summed E-state index contributed by atoms with van der Waals surface area (Å²) in [7, 11) is 0. The fraction of sp³-hybridized carbons (Fsp3) is 0.429. The van der Waals surface area contributed by atoms with E-state index in [2.05, 4.69) is 10.6 Å². The summed E-state index contributed by atoms with van der Waals surface area (Å²) in [5.41, 5.74) is 7.24. The lowest BCUT2D eigenvalue weighted by Crippen LogP contribution is -2.37. The topological polar surface area (TPSA) is 96.7 Å². The van der Waals surface area contributed by atoms with Crippen LogP contribution < -0.4 is 21.3 Å². The summed E-state index contributed by atoms with van der Waals surface area (Å²) < 4.78 is 5.20. The van der Waals surface area contributed by atoms with Crippen LogP contribution in [0.15, 0.2) is 24.3 Å². The molecule has 0 radical (unpaired) electrons. The van der Waals surface area contributed by atoms with Gasteiger partial charge >= 0.3 is 6.03 Å². The molecule has 0 saturated carbocycles. The van der Waals surface area contributed by atoms with Crippen LogP contribution in [0.25, 0.3) is 0 Å². The zero-order chi connectivity index (χ0) is 14.8. The number of ether oxygens (including phenoxy) is 1. The number of anilines is 2. The van der Waals surface area contributed by atoms with Crippen molar-refractivity contribution in [1.82, 2.24) is 5.32 Å². The van der Waals surface area contributed by atoms with E-state index in [9.17, 15) is 9.59 Å². The first-order chi connectivity index (χ1) is 10.1. The van der Waals surface area contributed by atoms with Gasteiger partial charge in [0.2, 0.25) is 5.91 Å². The number of carbonyl (C=O) groups excluding carboxylic acids is 2. The van der Waals surface area contributed by atoms with E-state index in [1.807, 2.05) is 12.1 Å². The van der Waals surface area contributed by atoms with Gasteiger partial charge in [-0.2, -0.15) is 0 Å². The van der Waals surface area contributed by atoms with Gasteiger partial charge in [-0.25, -0.2) is 4.79 Å². The maximum absolute atomic E-state index is 12.2. The van der Waals surface area contributed by atoms with Crippen molar-refractivity contribution in [2.45, 2.75) is 6.04 Å². The maximum Gasteiger partial charge on any atom is 0.321 e. The summed E-state index contributed by atoms with van der Waals surface area (Å²) in [6.45, 7) is 2.01. The van der Waals surface area contributed by atoms with Crippen LogP contribution in [0.4, 0.5) is 16.2 Å². The van der Waals surface area contributed by atoms with Crippen LogP contribution in [0.1, 0.15) is 0 Å². The minimum atomic E-state index is -0.330. The Labute approximate surface area is 122 Å². The molecule has 2 unspecified atom stereocenters. The van der Waals surface area contributed by atoms with Crippen LogP contribution in [0.2, 0.25) is 0 Å². The lowest BCUT2D eigenvalue weighted by molar-refractivity contribution is -0.120. The number of benzene rings is 1. The number of hydrogen-bond donors (Lipinski definition) is 3. The first-order valence-electron chi connectivity index (χ1n) is 6.95. The largest absolute Gasteiger partial charge is 0.379 e. The van der Waals surface area contributed by atoms with Crippen molar-refractivity contribution >= 4 is 23.3 Å². The molecule has 2 atom stereocenters. The number of urea groups is 1. The number of nitrogens with one attached hydrogen (secondary N) is 2. The lowest BCUT2D eigenvalue weighted by Gasteiger charge is -2.17. The molecule has 2 aliphatic rings. The van der Waals surface area contributed by atoms with Crippen LogP contribution in [-0.2, 0) is 9.53 Å². The molecule has 112 valence electrons. The molecule has 7 nitrogen and oxygen atoms in total. The van der Waals surface area contributed by atoms with Gasteiger partial charge < -0.3 is 21.1 Å². The second-order valence-corrected chi connectivity index (χ2v) is 5.23. The summed E-state index contributed by atoms with van der Waals surface area (Å²) in [5, 5.41) is 5.58. The molecule has 0 bridgehead atoms. The van der Waals surface area contributed by atoms with E-state index < -0.39 is 0 Å². The zero-order valence-electron chi connectivity index (χ0n) is 11.5. The second-order valence-electron chi connectivity index (χ2n) is 5.23. The van der Waals surface area contributed by atoms with E-state index in [4.69, 9.17) is 10.5 Å². The first kappa shape index (κ1) is 13.8. The molecule has 2 saturated heterocycles. The number of rotatable bonds is 3. The molecule has 4 N–H and O–H groups in total. The van der Waals surface area contributed by atoms with Crippen molar-refractivity contribution in [3.63, 3.8) is 0 Å².